The lowest BCUT2D eigenvalue weighted by Gasteiger charge is -2.11. The van der Waals surface area contributed by atoms with Crippen LogP contribution in [-0.2, 0) is 0 Å². The molecule has 0 aromatic heterocycles. The van der Waals surface area contributed by atoms with E-state index >= 15 is 0 Å². The van der Waals surface area contributed by atoms with Crippen molar-refractivity contribution in [1.29, 1.82) is 0 Å². The summed E-state index contributed by atoms with van der Waals surface area (Å²) in [5, 5.41) is 3.16. The summed E-state index contributed by atoms with van der Waals surface area (Å²) in [6.07, 6.45) is 0. The number of carbonyl (C=O) groups is 1. The van der Waals surface area contributed by atoms with Crippen LogP contribution in [0.2, 0.25) is 5.02 Å². The smallest absolute Gasteiger partial charge is 0.257 e. The van der Waals surface area contributed by atoms with Crippen molar-refractivity contribution in [3.8, 4) is 5.75 Å². The molecule has 0 aliphatic heterocycles. The predicted molar refractivity (Wildman–Crippen MR) is 84.5 cm³/mol. The zero-order chi connectivity index (χ0) is 14.7. The van der Waals surface area contributed by atoms with E-state index in [4.69, 9.17) is 22.1 Å². The number of methoxy groups -OCH3 is 1. The van der Waals surface area contributed by atoms with Gasteiger partial charge in [0.2, 0.25) is 0 Å². The molecule has 20 heavy (non-hydrogen) atoms. The minimum Gasteiger partial charge on any atom is -0.495 e. The van der Waals surface area contributed by atoms with Gasteiger partial charge >= 0.3 is 0 Å². The highest BCUT2D eigenvalue weighted by Crippen LogP contribution is 2.28. The van der Waals surface area contributed by atoms with Crippen LogP contribution in [-0.4, -0.2) is 13.0 Å². The fourth-order valence-electron chi connectivity index (χ4n) is 1.70. The summed E-state index contributed by atoms with van der Waals surface area (Å²) in [6, 6.07) is 10.2. The molecular weight excluding hydrogens is 344 g/mol. The van der Waals surface area contributed by atoms with Gasteiger partial charge in [-0.3, -0.25) is 4.79 Å². The Labute approximate surface area is 130 Å². The normalized spacial score (nSPS) is 10.2. The summed E-state index contributed by atoms with van der Waals surface area (Å²) >= 11 is 9.36. The molecular formula is C14H12BrClN2O2. The Morgan fingerprint density at radius 1 is 1.35 bits per heavy atom. The van der Waals surface area contributed by atoms with Crippen LogP contribution in [0.3, 0.4) is 0 Å². The van der Waals surface area contributed by atoms with Gasteiger partial charge in [-0.05, 0) is 30.3 Å². The number of halogens is 2. The van der Waals surface area contributed by atoms with Crippen LogP contribution >= 0.6 is 27.5 Å². The van der Waals surface area contributed by atoms with Gasteiger partial charge in [0, 0.05) is 4.47 Å². The average Bonchev–Trinajstić information content (AvgIpc) is 2.42. The van der Waals surface area contributed by atoms with Gasteiger partial charge in [-0.2, -0.15) is 0 Å². The molecule has 0 heterocycles. The minimum absolute atomic E-state index is 0.292. The quantitative estimate of drug-likeness (QED) is 0.820. The Kier molecular flexibility index (Phi) is 4.52. The molecule has 0 unspecified atom stereocenters. The van der Waals surface area contributed by atoms with E-state index in [2.05, 4.69) is 21.2 Å². The third-order valence-corrected chi connectivity index (χ3v) is 3.52. The van der Waals surface area contributed by atoms with Gasteiger partial charge in [0.05, 0.1) is 29.1 Å². The lowest BCUT2D eigenvalue weighted by molar-refractivity contribution is 0.102. The molecule has 3 N–H and O–H groups in total. The number of nitrogens with two attached hydrogens (primary N) is 1. The molecule has 0 saturated carbocycles. The van der Waals surface area contributed by atoms with Crippen LogP contribution in [0.15, 0.2) is 40.9 Å². The number of nitrogens with one attached hydrogen (secondary N) is 1. The predicted octanol–water partition coefficient (Wildman–Crippen LogP) is 3.95. The van der Waals surface area contributed by atoms with Crippen LogP contribution in [0.1, 0.15) is 10.4 Å². The summed E-state index contributed by atoms with van der Waals surface area (Å²) in [7, 11) is 1.50. The van der Waals surface area contributed by atoms with Gasteiger partial charge in [-0.15, -0.1) is 0 Å². The number of para-hydroxylation sites is 1. The second kappa shape index (κ2) is 6.15. The average molecular weight is 356 g/mol. The van der Waals surface area contributed by atoms with Crippen molar-refractivity contribution in [2.24, 2.45) is 0 Å². The van der Waals surface area contributed by atoms with Crippen LogP contribution in [0.4, 0.5) is 11.4 Å². The number of benzene rings is 2. The summed E-state index contributed by atoms with van der Waals surface area (Å²) in [6.45, 7) is 0. The number of hydrogen-bond donors (Lipinski definition) is 2. The van der Waals surface area contributed by atoms with Gasteiger partial charge in [-0.25, -0.2) is 0 Å². The highest BCUT2D eigenvalue weighted by molar-refractivity contribution is 9.10. The molecule has 0 atom stereocenters. The first kappa shape index (κ1) is 14.7. The third-order valence-electron chi connectivity index (χ3n) is 2.71. The van der Waals surface area contributed by atoms with E-state index in [-0.39, 0.29) is 5.91 Å². The molecule has 0 radical (unpaired) electrons. The standard InChI is InChI=1S/C14H12BrClN2O2/c1-20-12-4-2-3-9(13(12)17)14(19)18-11-6-5-8(15)7-10(11)16/h2-7H,17H2,1H3,(H,18,19). The number of hydrogen-bond acceptors (Lipinski definition) is 3. The molecule has 1 amide bonds. The number of rotatable bonds is 3. The third kappa shape index (κ3) is 3.05. The minimum atomic E-state index is -0.342. The van der Waals surface area contributed by atoms with E-state index in [0.717, 1.165) is 4.47 Å². The van der Waals surface area contributed by atoms with Crippen molar-refractivity contribution in [3.05, 3.63) is 51.5 Å². The van der Waals surface area contributed by atoms with Crippen LogP contribution in [0, 0.1) is 0 Å². The second-order valence-electron chi connectivity index (χ2n) is 4.00. The Bertz CT molecular complexity index is 662. The summed E-state index contributed by atoms with van der Waals surface area (Å²) in [4.78, 5) is 12.2. The fourth-order valence-corrected chi connectivity index (χ4v) is 2.42. The molecule has 104 valence electrons. The lowest BCUT2D eigenvalue weighted by atomic mass is 10.1. The molecule has 0 bridgehead atoms. The van der Waals surface area contributed by atoms with E-state index in [1.807, 2.05) is 0 Å². The second-order valence-corrected chi connectivity index (χ2v) is 5.32. The fraction of sp³-hybridized carbons (Fsp3) is 0.0714. The Morgan fingerprint density at radius 3 is 2.75 bits per heavy atom. The molecule has 0 fully saturated rings. The van der Waals surface area contributed by atoms with E-state index in [0.29, 0.717) is 27.7 Å². The Hall–Kier alpha value is -1.72. The molecule has 2 rings (SSSR count). The molecule has 0 aliphatic carbocycles. The van der Waals surface area contributed by atoms with E-state index < -0.39 is 0 Å². The van der Waals surface area contributed by atoms with Gasteiger partial charge in [0.25, 0.3) is 5.91 Å². The molecule has 0 aliphatic rings. The van der Waals surface area contributed by atoms with Crippen molar-refractivity contribution in [2.45, 2.75) is 0 Å². The van der Waals surface area contributed by atoms with Crippen LogP contribution in [0.5, 0.6) is 5.75 Å². The summed E-state index contributed by atoms with van der Waals surface area (Å²) in [5.41, 5.74) is 7.03. The zero-order valence-electron chi connectivity index (χ0n) is 10.6. The maximum Gasteiger partial charge on any atom is 0.257 e. The van der Waals surface area contributed by atoms with E-state index in [1.165, 1.54) is 7.11 Å². The number of nitrogen functional groups attached to an aromatic ring is 1. The SMILES string of the molecule is COc1cccc(C(=O)Nc2ccc(Br)cc2Cl)c1N. The van der Waals surface area contributed by atoms with Gasteiger partial charge in [-0.1, -0.05) is 33.6 Å². The zero-order valence-corrected chi connectivity index (χ0v) is 13.0. The first-order valence-electron chi connectivity index (χ1n) is 5.72. The monoisotopic (exact) mass is 354 g/mol. The molecule has 0 spiro atoms. The van der Waals surface area contributed by atoms with Gasteiger partial charge < -0.3 is 15.8 Å². The first-order chi connectivity index (χ1) is 9.52. The number of amides is 1. The number of ether oxygens (including phenoxy) is 1. The number of carbonyl (C=O) groups excluding carboxylic acids is 1. The Morgan fingerprint density at radius 2 is 2.10 bits per heavy atom. The number of anilines is 2. The van der Waals surface area contributed by atoms with Crippen molar-refractivity contribution < 1.29 is 9.53 Å². The lowest BCUT2D eigenvalue weighted by Crippen LogP contribution is -2.14. The van der Waals surface area contributed by atoms with Crippen LogP contribution in [0.25, 0.3) is 0 Å². The first-order valence-corrected chi connectivity index (χ1v) is 6.89. The van der Waals surface area contributed by atoms with Gasteiger partial charge in [0.15, 0.2) is 0 Å². The largest absolute Gasteiger partial charge is 0.495 e. The van der Waals surface area contributed by atoms with E-state index in [9.17, 15) is 4.79 Å². The molecule has 6 heteroatoms. The summed E-state index contributed by atoms with van der Waals surface area (Å²) in [5.74, 6) is 0.116. The van der Waals surface area contributed by atoms with Crippen molar-refractivity contribution in [3.63, 3.8) is 0 Å². The Balaban J connectivity index is 2.28. The maximum atomic E-state index is 12.2. The van der Waals surface area contributed by atoms with Crippen molar-refractivity contribution in [2.75, 3.05) is 18.2 Å². The molecule has 2 aromatic rings. The molecule has 0 saturated heterocycles. The van der Waals surface area contributed by atoms with Crippen molar-refractivity contribution in [1.82, 2.24) is 0 Å². The van der Waals surface area contributed by atoms with Crippen LogP contribution < -0.4 is 15.8 Å². The molecule has 4 nitrogen and oxygen atoms in total. The highest BCUT2D eigenvalue weighted by Gasteiger charge is 2.14. The van der Waals surface area contributed by atoms with E-state index in [1.54, 1.807) is 36.4 Å². The summed E-state index contributed by atoms with van der Waals surface area (Å²) < 4.78 is 5.92. The highest BCUT2D eigenvalue weighted by atomic mass is 79.9. The maximum absolute atomic E-state index is 12.2. The van der Waals surface area contributed by atoms with Crippen molar-refractivity contribution >= 4 is 44.8 Å². The topological polar surface area (TPSA) is 64.3 Å². The molecule has 2 aromatic carbocycles. The van der Waals surface area contributed by atoms with Gasteiger partial charge in [0.1, 0.15) is 5.75 Å².